The Labute approximate surface area is 112 Å². The lowest BCUT2D eigenvalue weighted by molar-refractivity contribution is -0.385. The lowest BCUT2D eigenvalue weighted by Gasteiger charge is -2.11. The number of nitrogens with zero attached hydrogens (tertiary/aromatic N) is 1. The van der Waals surface area contributed by atoms with Crippen molar-refractivity contribution in [1.29, 1.82) is 0 Å². The van der Waals surface area contributed by atoms with Crippen LogP contribution in [0.15, 0.2) is 18.2 Å². The molecule has 18 heavy (non-hydrogen) atoms. The normalized spacial score (nSPS) is 11.7. The second-order valence-electron chi connectivity index (χ2n) is 3.48. The fourth-order valence-electron chi connectivity index (χ4n) is 1.32. The maximum atomic E-state index is 11.2. The lowest BCUT2D eigenvalue weighted by atomic mass is 10.2. The number of halogens is 1. The number of para-hydroxylation sites is 1. The summed E-state index contributed by atoms with van der Waals surface area (Å²) in [7, 11) is 1.26. The maximum Gasteiger partial charge on any atom is 0.322 e. The Morgan fingerprint density at radius 2 is 2.22 bits per heavy atom. The number of rotatable bonds is 5. The minimum Gasteiger partial charge on any atom is -0.485 e. The van der Waals surface area contributed by atoms with Crippen molar-refractivity contribution in [2.75, 3.05) is 13.7 Å². The molecule has 0 N–H and O–H groups in total. The zero-order chi connectivity index (χ0) is 13.7. The molecular weight excluding hydrogens is 306 g/mol. The van der Waals surface area contributed by atoms with Crippen LogP contribution in [0.3, 0.4) is 0 Å². The zero-order valence-electron chi connectivity index (χ0n) is 9.88. The van der Waals surface area contributed by atoms with Crippen molar-refractivity contribution in [3.05, 3.63) is 33.9 Å². The highest BCUT2D eigenvalue weighted by atomic mass is 79.9. The Balaban J connectivity index is 2.84. The standard InChI is InChI=1S/C11H12BrNO5/c1-7-4-3-5-9(13(15)16)10(7)18-6-8(12)11(14)17-2/h3-5,8H,6H2,1-2H3. The molecule has 1 atom stereocenters. The van der Waals surface area contributed by atoms with Crippen molar-refractivity contribution >= 4 is 27.6 Å². The molecule has 0 amide bonds. The zero-order valence-corrected chi connectivity index (χ0v) is 11.5. The first-order valence-corrected chi connectivity index (χ1v) is 5.97. The van der Waals surface area contributed by atoms with Crippen molar-refractivity contribution in [2.24, 2.45) is 0 Å². The molecule has 1 aromatic rings. The van der Waals surface area contributed by atoms with E-state index < -0.39 is 15.7 Å². The number of benzene rings is 1. The molecule has 6 nitrogen and oxygen atoms in total. The van der Waals surface area contributed by atoms with Crippen molar-refractivity contribution < 1.29 is 19.2 Å². The Bertz CT molecular complexity index is 463. The van der Waals surface area contributed by atoms with Crippen LogP contribution in [0.25, 0.3) is 0 Å². The molecule has 1 aromatic carbocycles. The van der Waals surface area contributed by atoms with Gasteiger partial charge in [-0.1, -0.05) is 28.1 Å². The SMILES string of the molecule is COC(=O)C(Br)COc1c(C)cccc1[N+](=O)[O-]. The van der Waals surface area contributed by atoms with Crippen molar-refractivity contribution in [2.45, 2.75) is 11.8 Å². The van der Waals surface area contributed by atoms with Gasteiger partial charge in [-0.05, 0) is 12.5 Å². The van der Waals surface area contributed by atoms with Crippen molar-refractivity contribution in [1.82, 2.24) is 0 Å². The minimum absolute atomic E-state index is 0.0433. The number of carbonyl (C=O) groups is 1. The fourth-order valence-corrected chi connectivity index (χ4v) is 1.64. The van der Waals surface area contributed by atoms with Crippen LogP contribution in [0.1, 0.15) is 5.56 Å². The summed E-state index contributed by atoms with van der Waals surface area (Å²) < 4.78 is 9.83. The summed E-state index contributed by atoms with van der Waals surface area (Å²) in [5.74, 6) is -0.331. The molecule has 0 heterocycles. The van der Waals surface area contributed by atoms with E-state index in [0.29, 0.717) is 5.56 Å². The van der Waals surface area contributed by atoms with Crippen molar-refractivity contribution in [3.63, 3.8) is 0 Å². The highest BCUT2D eigenvalue weighted by Crippen LogP contribution is 2.30. The molecular formula is C11H12BrNO5. The van der Waals surface area contributed by atoms with E-state index in [1.807, 2.05) is 0 Å². The lowest BCUT2D eigenvalue weighted by Crippen LogP contribution is -2.23. The van der Waals surface area contributed by atoms with Crippen molar-refractivity contribution in [3.8, 4) is 5.75 Å². The molecule has 0 saturated heterocycles. The first kappa shape index (κ1) is 14.4. The number of hydrogen-bond donors (Lipinski definition) is 0. The van der Waals surface area contributed by atoms with Gasteiger partial charge in [0.25, 0.3) is 0 Å². The number of ether oxygens (including phenoxy) is 2. The molecule has 0 aliphatic rings. The molecule has 0 aliphatic heterocycles. The topological polar surface area (TPSA) is 78.7 Å². The van der Waals surface area contributed by atoms with Gasteiger partial charge in [0.15, 0.2) is 5.75 Å². The molecule has 0 bridgehead atoms. The third-order valence-corrected chi connectivity index (χ3v) is 2.86. The number of nitro groups is 1. The number of hydrogen-bond acceptors (Lipinski definition) is 5. The molecule has 1 rings (SSSR count). The summed E-state index contributed by atoms with van der Waals surface area (Å²) in [4.78, 5) is 20.8. The third-order valence-electron chi connectivity index (χ3n) is 2.22. The second-order valence-corrected chi connectivity index (χ2v) is 4.59. The van der Waals surface area contributed by atoms with Crippen LogP contribution in [0.2, 0.25) is 0 Å². The Morgan fingerprint density at radius 1 is 1.56 bits per heavy atom. The van der Waals surface area contributed by atoms with Gasteiger partial charge < -0.3 is 9.47 Å². The fraction of sp³-hybridized carbons (Fsp3) is 0.364. The van der Waals surface area contributed by atoms with E-state index in [9.17, 15) is 14.9 Å². The smallest absolute Gasteiger partial charge is 0.322 e. The summed E-state index contributed by atoms with van der Waals surface area (Å²) in [5.41, 5.74) is 0.508. The predicted octanol–water partition coefficient (Wildman–Crippen LogP) is 2.22. The van der Waals surface area contributed by atoms with Crippen LogP contribution in [0.5, 0.6) is 5.75 Å². The summed E-state index contributed by atoms with van der Waals surface area (Å²) in [6.45, 7) is 1.65. The maximum absolute atomic E-state index is 11.2. The van der Waals surface area contributed by atoms with E-state index in [0.717, 1.165) is 0 Å². The van der Waals surface area contributed by atoms with Gasteiger partial charge in [-0.3, -0.25) is 14.9 Å². The van der Waals surface area contributed by atoms with E-state index in [2.05, 4.69) is 20.7 Å². The largest absolute Gasteiger partial charge is 0.485 e. The summed E-state index contributed by atoms with van der Waals surface area (Å²) in [5, 5.41) is 10.8. The van der Waals surface area contributed by atoms with Gasteiger partial charge in [-0.15, -0.1) is 0 Å². The Morgan fingerprint density at radius 3 is 2.78 bits per heavy atom. The molecule has 0 saturated carbocycles. The highest BCUT2D eigenvalue weighted by Gasteiger charge is 2.21. The summed E-state index contributed by atoms with van der Waals surface area (Å²) in [6.07, 6.45) is 0. The molecule has 0 aromatic heterocycles. The number of nitro benzene ring substituents is 1. The van der Waals surface area contributed by atoms with Gasteiger partial charge >= 0.3 is 11.7 Å². The average Bonchev–Trinajstić information content (AvgIpc) is 2.35. The molecule has 0 radical (unpaired) electrons. The number of aryl methyl sites for hydroxylation is 1. The number of esters is 1. The van der Waals surface area contributed by atoms with Crippen LogP contribution >= 0.6 is 15.9 Å². The summed E-state index contributed by atoms with van der Waals surface area (Å²) in [6, 6.07) is 4.62. The molecule has 1 unspecified atom stereocenters. The van der Waals surface area contributed by atoms with Crippen LogP contribution in [-0.2, 0) is 9.53 Å². The van der Waals surface area contributed by atoms with Gasteiger partial charge in [0.05, 0.1) is 12.0 Å². The van der Waals surface area contributed by atoms with Gasteiger partial charge in [0.2, 0.25) is 0 Å². The molecule has 0 fully saturated rings. The van der Waals surface area contributed by atoms with Gasteiger partial charge in [0.1, 0.15) is 11.4 Å². The molecule has 0 aliphatic carbocycles. The van der Waals surface area contributed by atoms with E-state index >= 15 is 0 Å². The molecule has 0 spiro atoms. The van der Waals surface area contributed by atoms with E-state index in [1.165, 1.54) is 13.2 Å². The summed E-state index contributed by atoms with van der Waals surface area (Å²) >= 11 is 3.08. The average molecular weight is 318 g/mol. The van der Waals surface area contributed by atoms with E-state index in [-0.39, 0.29) is 18.0 Å². The Kier molecular flexibility index (Phi) is 5.08. The minimum atomic E-state index is -0.665. The van der Waals surface area contributed by atoms with Gasteiger partial charge in [-0.25, -0.2) is 0 Å². The van der Waals surface area contributed by atoms with E-state index in [4.69, 9.17) is 4.74 Å². The molecule has 7 heteroatoms. The van der Waals surface area contributed by atoms with Crippen LogP contribution in [-0.4, -0.2) is 29.4 Å². The van der Waals surface area contributed by atoms with Gasteiger partial charge in [0, 0.05) is 6.07 Å². The number of carbonyl (C=O) groups excluding carboxylic acids is 1. The first-order chi connectivity index (χ1) is 8.47. The number of alkyl halides is 1. The highest BCUT2D eigenvalue weighted by molar-refractivity contribution is 9.10. The van der Waals surface area contributed by atoms with Gasteiger partial charge in [-0.2, -0.15) is 0 Å². The van der Waals surface area contributed by atoms with E-state index in [1.54, 1.807) is 19.1 Å². The number of methoxy groups -OCH3 is 1. The predicted molar refractivity (Wildman–Crippen MR) is 68.1 cm³/mol. The molecule has 98 valence electrons. The van der Waals surface area contributed by atoms with Crippen LogP contribution in [0, 0.1) is 17.0 Å². The Hall–Kier alpha value is -1.63. The van der Waals surface area contributed by atoms with Crippen LogP contribution < -0.4 is 4.74 Å². The third kappa shape index (κ3) is 3.43. The second kappa shape index (κ2) is 6.34. The monoisotopic (exact) mass is 317 g/mol. The quantitative estimate of drug-likeness (QED) is 0.360. The van der Waals surface area contributed by atoms with Crippen LogP contribution in [0.4, 0.5) is 5.69 Å². The first-order valence-electron chi connectivity index (χ1n) is 5.06.